The number of carbonyl (C=O) groups is 1. The molecule has 0 spiro atoms. The summed E-state index contributed by atoms with van der Waals surface area (Å²) < 4.78 is 38.3. The number of benzene rings is 2. The molecule has 4 aromatic rings. The second-order valence-corrected chi connectivity index (χ2v) is 6.04. The molecule has 0 aliphatic heterocycles. The molecule has 0 amide bonds. The van der Waals surface area contributed by atoms with Crippen LogP contribution in [0.2, 0.25) is 0 Å². The molecule has 0 saturated heterocycles. The molecule has 6 nitrogen and oxygen atoms in total. The largest absolute Gasteiger partial charge is 0.454 e. The van der Waals surface area contributed by atoms with Gasteiger partial charge in [0.05, 0.1) is 17.5 Å². The summed E-state index contributed by atoms with van der Waals surface area (Å²) in [7, 11) is 0. The Labute approximate surface area is 152 Å². The van der Waals surface area contributed by atoms with E-state index in [0.717, 1.165) is 4.57 Å². The Hall–Kier alpha value is -3.29. The van der Waals surface area contributed by atoms with Crippen LogP contribution in [0.25, 0.3) is 22.0 Å². The van der Waals surface area contributed by atoms with E-state index in [1.807, 2.05) is 6.07 Å². The molecule has 27 heavy (non-hydrogen) atoms. The molecular weight excluding hydrogens is 356 g/mol. The third-order valence-corrected chi connectivity index (χ3v) is 4.25. The fraction of sp³-hybridized carbons (Fsp3) is 0.211. The van der Waals surface area contributed by atoms with E-state index < -0.39 is 18.6 Å². The van der Waals surface area contributed by atoms with Crippen molar-refractivity contribution in [2.75, 3.05) is 0 Å². The number of para-hydroxylation sites is 3. The van der Waals surface area contributed by atoms with Crippen molar-refractivity contribution in [1.29, 1.82) is 0 Å². The van der Waals surface area contributed by atoms with Crippen LogP contribution in [-0.2, 0) is 16.0 Å². The van der Waals surface area contributed by atoms with Crippen LogP contribution in [0, 0.1) is 0 Å². The number of nitrogens with zero attached hydrogens (tertiary/aromatic N) is 3. The minimum atomic E-state index is -2.80. The number of esters is 1. The van der Waals surface area contributed by atoms with Crippen molar-refractivity contribution in [3.8, 4) is 0 Å². The molecule has 2 heterocycles. The maximum atomic E-state index is 13.5. The van der Waals surface area contributed by atoms with E-state index in [2.05, 4.69) is 10.1 Å². The normalized spacial score (nSPS) is 12.7. The molecule has 0 bridgehead atoms. The molecule has 0 N–H and O–H groups in total. The van der Waals surface area contributed by atoms with Crippen molar-refractivity contribution in [3.63, 3.8) is 0 Å². The molecule has 2 aromatic heterocycles. The molecule has 0 saturated carbocycles. The third-order valence-electron chi connectivity index (χ3n) is 4.25. The van der Waals surface area contributed by atoms with Gasteiger partial charge in [0.2, 0.25) is 0 Å². The van der Waals surface area contributed by atoms with Crippen LogP contribution >= 0.6 is 0 Å². The van der Waals surface area contributed by atoms with Crippen LogP contribution in [0.3, 0.4) is 0 Å². The average molecular weight is 371 g/mol. The number of hydrogen-bond donors (Lipinski definition) is 0. The van der Waals surface area contributed by atoms with E-state index in [1.54, 1.807) is 42.5 Å². The van der Waals surface area contributed by atoms with Gasteiger partial charge in [0.25, 0.3) is 0 Å². The van der Waals surface area contributed by atoms with Gasteiger partial charge in [-0.25, -0.2) is 4.98 Å². The summed E-state index contributed by atoms with van der Waals surface area (Å²) in [6.45, 7) is -1.29. The van der Waals surface area contributed by atoms with E-state index in [0.29, 0.717) is 22.2 Å². The fourth-order valence-electron chi connectivity index (χ4n) is 3.05. The van der Waals surface area contributed by atoms with Crippen molar-refractivity contribution < 1.29 is 22.8 Å². The van der Waals surface area contributed by atoms with Gasteiger partial charge in [-0.05, 0) is 31.2 Å². The fourth-order valence-corrected chi connectivity index (χ4v) is 3.05. The monoisotopic (exact) mass is 371 g/mol. The van der Waals surface area contributed by atoms with Gasteiger partial charge in [-0.1, -0.05) is 29.4 Å². The van der Waals surface area contributed by atoms with Crippen molar-refractivity contribution >= 4 is 28.0 Å². The predicted molar refractivity (Wildman–Crippen MR) is 93.2 cm³/mol. The summed E-state index contributed by atoms with van der Waals surface area (Å²) in [6, 6.07) is 13.7. The lowest BCUT2D eigenvalue weighted by Gasteiger charge is -2.14. The van der Waals surface area contributed by atoms with E-state index in [-0.39, 0.29) is 17.8 Å². The first-order valence-corrected chi connectivity index (χ1v) is 8.32. The average Bonchev–Trinajstić information content (AvgIpc) is 3.23. The number of imidazole rings is 1. The molecule has 138 valence electrons. The maximum absolute atomic E-state index is 13.5. The van der Waals surface area contributed by atoms with Crippen molar-refractivity contribution in [3.05, 3.63) is 60.0 Å². The summed E-state index contributed by atoms with van der Waals surface area (Å²) in [5.41, 5.74) is 1.70. The first-order chi connectivity index (χ1) is 13.0. The van der Waals surface area contributed by atoms with Gasteiger partial charge in [-0.15, -0.1) is 0 Å². The Morgan fingerprint density at radius 1 is 1.19 bits per heavy atom. The number of alkyl halides is 2. The number of aromatic nitrogens is 3. The van der Waals surface area contributed by atoms with Crippen LogP contribution in [0.4, 0.5) is 8.78 Å². The van der Waals surface area contributed by atoms with Crippen LogP contribution in [0.15, 0.2) is 53.1 Å². The maximum Gasteiger partial charge on any atom is 0.320 e. The number of rotatable bonds is 5. The Bertz CT molecular complexity index is 1120. The van der Waals surface area contributed by atoms with Gasteiger partial charge in [0, 0.05) is 5.39 Å². The van der Waals surface area contributed by atoms with Gasteiger partial charge in [0.15, 0.2) is 17.5 Å². The summed E-state index contributed by atoms with van der Waals surface area (Å²) in [6.07, 6.45) is -1.08. The number of carbonyl (C=O) groups excluding carboxylic acids is 1. The summed E-state index contributed by atoms with van der Waals surface area (Å²) in [4.78, 5) is 16.5. The van der Waals surface area contributed by atoms with Crippen molar-refractivity contribution in [1.82, 2.24) is 14.7 Å². The Morgan fingerprint density at radius 3 is 2.74 bits per heavy atom. The lowest BCUT2D eigenvalue weighted by atomic mass is 10.2. The molecule has 1 atom stereocenters. The minimum Gasteiger partial charge on any atom is -0.454 e. The second kappa shape index (κ2) is 6.79. The molecule has 4 rings (SSSR count). The Balaban J connectivity index is 1.57. The zero-order valence-electron chi connectivity index (χ0n) is 14.3. The third kappa shape index (κ3) is 3.14. The van der Waals surface area contributed by atoms with Crippen molar-refractivity contribution in [2.45, 2.75) is 26.0 Å². The Kier molecular flexibility index (Phi) is 4.31. The quantitative estimate of drug-likeness (QED) is 0.486. The minimum absolute atomic E-state index is 0.00967. The molecule has 0 aliphatic rings. The second-order valence-electron chi connectivity index (χ2n) is 6.04. The van der Waals surface area contributed by atoms with Gasteiger partial charge in [0.1, 0.15) is 5.69 Å². The SMILES string of the molecule is CC(OC(=O)Cc1noc2ccccc12)c1nc2ccccc2n1C(F)F. The van der Waals surface area contributed by atoms with Crippen LogP contribution < -0.4 is 0 Å². The van der Waals surface area contributed by atoms with Crippen LogP contribution in [0.1, 0.15) is 31.1 Å². The molecule has 0 aliphatic carbocycles. The summed E-state index contributed by atoms with van der Waals surface area (Å²) in [5, 5.41) is 4.59. The lowest BCUT2D eigenvalue weighted by Crippen LogP contribution is -2.16. The molecule has 2 aromatic carbocycles. The van der Waals surface area contributed by atoms with E-state index in [1.165, 1.54) is 6.92 Å². The number of hydrogen-bond acceptors (Lipinski definition) is 5. The van der Waals surface area contributed by atoms with Crippen LogP contribution in [0.5, 0.6) is 0 Å². The van der Waals surface area contributed by atoms with E-state index in [4.69, 9.17) is 9.26 Å². The number of ether oxygens (including phenoxy) is 1. The first-order valence-electron chi connectivity index (χ1n) is 8.32. The summed E-state index contributed by atoms with van der Waals surface area (Å²) >= 11 is 0. The highest BCUT2D eigenvalue weighted by molar-refractivity contribution is 5.84. The molecule has 0 radical (unpaired) electrons. The molecule has 0 fully saturated rings. The number of fused-ring (bicyclic) bond motifs is 2. The molecule has 8 heteroatoms. The zero-order valence-corrected chi connectivity index (χ0v) is 14.3. The van der Waals surface area contributed by atoms with E-state index in [9.17, 15) is 13.6 Å². The van der Waals surface area contributed by atoms with Crippen LogP contribution in [-0.4, -0.2) is 20.7 Å². The highest BCUT2D eigenvalue weighted by Gasteiger charge is 2.25. The smallest absolute Gasteiger partial charge is 0.320 e. The predicted octanol–water partition coefficient (Wildman–Crippen LogP) is 4.42. The standard InChI is InChI=1S/C19H15F2N3O3/c1-11(18-22-13-7-3-4-8-15(13)24(18)19(20)21)26-17(25)10-14-12-6-2-5-9-16(12)27-23-14/h2-9,11,19H,10H2,1H3. The number of halogens is 2. The Morgan fingerprint density at radius 2 is 1.93 bits per heavy atom. The molecular formula is C19H15F2N3O3. The van der Waals surface area contributed by atoms with Crippen molar-refractivity contribution in [2.24, 2.45) is 0 Å². The zero-order chi connectivity index (χ0) is 19.0. The molecule has 1 unspecified atom stereocenters. The van der Waals surface area contributed by atoms with Gasteiger partial charge in [-0.2, -0.15) is 8.78 Å². The van der Waals surface area contributed by atoms with Gasteiger partial charge in [-0.3, -0.25) is 9.36 Å². The van der Waals surface area contributed by atoms with Gasteiger partial charge >= 0.3 is 12.5 Å². The van der Waals surface area contributed by atoms with Gasteiger partial charge < -0.3 is 9.26 Å². The van der Waals surface area contributed by atoms with E-state index >= 15 is 0 Å². The highest BCUT2D eigenvalue weighted by atomic mass is 19.3. The first kappa shape index (κ1) is 17.1. The summed E-state index contributed by atoms with van der Waals surface area (Å²) in [5.74, 6) is -0.612. The lowest BCUT2D eigenvalue weighted by molar-refractivity contribution is -0.148. The topological polar surface area (TPSA) is 70.2 Å². The highest BCUT2D eigenvalue weighted by Crippen LogP contribution is 2.28.